The molecule has 2 aliphatic rings. The molecule has 1 saturated heterocycles. The van der Waals surface area contributed by atoms with Crippen molar-refractivity contribution < 1.29 is 4.79 Å². The van der Waals surface area contributed by atoms with Crippen LogP contribution in [0.4, 0.5) is 0 Å². The molecule has 0 radical (unpaired) electrons. The average molecular weight is 300 g/mol. The summed E-state index contributed by atoms with van der Waals surface area (Å²) in [5, 5.41) is 0. The molecule has 3 nitrogen and oxygen atoms in total. The second kappa shape index (κ2) is 6.82. The molecule has 0 saturated carbocycles. The van der Waals surface area contributed by atoms with Crippen molar-refractivity contribution in [2.75, 3.05) is 19.6 Å². The van der Waals surface area contributed by atoms with Crippen LogP contribution >= 0.6 is 0 Å². The number of fused-ring (bicyclic) bond motifs is 1. The molecule has 1 amide bonds. The molecule has 1 atom stereocenters. The van der Waals surface area contributed by atoms with Crippen molar-refractivity contribution in [2.45, 2.75) is 52.1 Å². The van der Waals surface area contributed by atoms with E-state index in [0.29, 0.717) is 5.91 Å². The van der Waals surface area contributed by atoms with E-state index in [9.17, 15) is 4.79 Å². The van der Waals surface area contributed by atoms with Gasteiger partial charge < -0.3 is 4.90 Å². The van der Waals surface area contributed by atoms with Gasteiger partial charge in [-0.15, -0.1) is 0 Å². The highest BCUT2D eigenvalue weighted by atomic mass is 16.2. The number of hydrogen-bond acceptors (Lipinski definition) is 2. The molecule has 0 aliphatic carbocycles. The Morgan fingerprint density at radius 2 is 1.82 bits per heavy atom. The van der Waals surface area contributed by atoms with Crippen LogP contribution in [0.25, 0.3) is 0 Å². The monoisotopic (exact) mass is 300 g/mol. The third-order valence-electron chi connectivity index (χ3n) is 5.38. The fraction of sp³-hybridized carbons (Fsp3) is 0.632. The first-order valence-electron chi connectivity index (χ1n) is 8.75. The summed E-state index contributed by atoms with van der Waals surface area (Å²) in [5.41, 5.74) is 2.85. The van der Waals surface area contributed by atoms with Gasteiger partial charge in [0.05, 0.1) is 6.04 Å². The minimum atomic E-state index is -0.000405. The zero-order valence-electron chi connectivity index (χ0n) is 13.9. The summed E-state index contributed by atoms with van der Waals surface area (Å²) in [4.78, 5) is 17.3. The van der Waals surface area contributed by atoms with Crippen molar-refractivity contribution in [3.05, 3.63) is 35.4 Å². The van der Waals surface area contributed by atoms with Gasteiger partial charge >= 0.3 is 0 Å². The lowest BCUT2D eigenvalue weighted by Crippen LogP contribution is -2.49. The highest BCUT2D eigenvalue weighted by Gasteiger charge is 2.29. The van der Waals surface area contributed by atoms with E-state index in [-0.39, 0.29) is 6.04 Å². The Hall–Kier alpha value is -1.35. The molecule has 2 heterocycles. The second-order valence-electron chi connectivity index (χ2n) is 7.03. The summed E-state index contributed by atoms with van der Waals surface area (Å²) < 4.78 is 0. The van der Waals surface area contributed by atoms with E-state index in [1.165, 1.54) is 11.1 Å². The quantitative estimate of drug-likeness (QED) is 0.838. The molecule has 22 heavy (non-hydrogen) atoms. The Labute approximate surface area is 134 Å². The van der Waals surface area contributed by atoms with Crippen molar-refractivity contribution in [3.8, 4) is 0 Å². The largest absolute Gasteiger partial charge is 0.341 e. The minimum absolute atomic E-state index is 0.000405. The number of hydrogen-bond donors (Lipinski definition) is 0. The van der Waals surface area contributed by atoms with E-state index < -0.39 is 0 Å². The van der Waals surface area contributed by atoms with Crippen LogP contribution in [0.1, 0.15) is 44.2 Å². The highest BCUT2D eigenvalue weighted by Crippen LogP contribution is 2.22. The molecule has 0 aromatic heterocycles. The Bertz CT molecular complexity index is 520. The number of benzene rings is 1. The number of aryl methyl sites for hydroxylation is 1. The van der Waals surface area contributed by atoms with Crippen molar-refractivity contribution >= 4 is 5.91 Å². The van der Waals surface area contributed by atoms with Crippen LogP contribution in [0.2, 0.25) is 0 Å². The third-order valence-corrected chi connectivity index (χ3v) is 5.38. The maximum absolute atomic E-state index is 12.8. The lowest BCUT2D eigenvalue weighted by molar-refractivity contribution is -0.138. The highest BCUT2D eigenvalue weighted by molar-refractivity contribution is 5.81. The molecule has 0 bridgehead atoms. The second-order valence-corrected chi connectivity index (χ2v) is 7.03. The first kappa shape index (κ1) is 15.5. The molecule has 2 aliphatic heterocycles. The molecule has 120 valence electrons. The zero-order chi connectivity index (χ0) is 15.5. The predicted molar refractivity (Wildman–Crippen MR) is 89.6 cm³/mol. The lowest BCUT2D eigenvalue weighted by atomic mass is 9.98. The molecule has 1 aromatic carbocycles. The fourth-order valence-corrected chi connectivity index (χ4v) is 3.71. The van der Waals surface area contributed by atoms with Gasteiger partial charge in [-0.2, -0.15) is 0 Å². The number of amides is 1. The van der Waals surface area contributed by atoms with Crippen LogP contribution in [0.5, 0.6) is 0 Å². The SMILES string of the molecule is CC1CCN(C(=O)[C@H](C)N2CCCc3ccccc3C2)CC1. The van der Waals surface area contributed by atoms with Crippen LogP contribution in [0.15, 0.2) is 24.3 Å². The van der Waals surface area contributed by atoms with Gasteiger partial charge in [0.25, 0.3) is 0 Å². The molecular formula is C19H28N2O. The van der Waals surface area contributed by atoms with Gasteiger partial charge in [0.2, 0.25) is 5.91 Å². The van der Waals surface area contributed by atoms with E-state index >= 15 is 0 Å². The van der Waals surface area contributed by atoms with Gasteiger partial charge in [0, 0.05) is 19.6 Å². The maximum Gasteiger partial charge on any atom is 0.239 e. The smallest absolute Gasteiger partial charge is 0.239 e. The summed E-state index contributed by atoms with van der Waals surface area (Å²) in [5.74, 6) is 1.09. The van der Waals surface area contributed by atoms with Crippen molar-refractivity contribution in [3.63, 3.8) is 0 Å². The Kier molecular flexibility index (Phi) is 4.82. The Balaban J connectivity index is 1.67. The van der Waals surface area contributed by atoms with Crippen molar-refractivity contribution in [1.29, 1.82) is 0 Å². The van der Waals surface area contributed by atoms with E-state index in [1.54, 1.807) is 0 Å². The third kappa shape index (κ3) is 3.35. The number of likely N-dealkylation sites (tertiary alicyclic amines) is 1. The van der Waals surface area contributed by atoms with Crippen LogP contribution < -0.4 is 0 Å². The number of carbonyl (C=O) groups is 1. The number of rotatable bonds is 2. The normalized spacial score (nSPS) is 22.0. The van der Waals surface area contributed by atoms with Crippen LogP contribution in [-0.4, -0.2) is 41.4 Å². The van der Waals surface area contributed by atoms with Crippen molar-refractivity contribution in [2.24, 2.45) is 5.92 Å². The molecule has 0 N–H and O–H groups in total. The first-order chi connectivity index (χ1) is 10.6. The number of carbonyl (C=O) groups excluding carboxylic acids is 1. The molecule has 0 spiro atoms. The standard InChI is InChI=1S/C19H28N2O/c1-15-9-12-20(13-10-15)19(22)16(2)21-11-5-8-17-6-3-4-7-18(17)14-21/h3-4,6-7,15-16H,5,8-14H2,1-2H3/t16-/m0/s1. The topological polar surface area (TPSA) is 23.6 Å². The van der Waals surface area contributed by atoms with Crippen LogP contribution in [0.3, 0.4) is 0 Å². The summed E-state index contributed by atoms with van der Waals surface area (Å²) in [6, 6.07) is 8.68. The van der Waals surface area contributed by atoms with E-state index in [0.717, 1.165) is 57.8 Å². The Morgan fingerprint density at radius 3 is 2.55 bits per heavy atom. The van der Waals surface area contributed by atoms with Crippen LogP contribution in [-0.2, 0) is 17.8 Å². The summed E-state index contributed by atoms with van der Waals surface area (Å²) >= 11 is 0. The number of nitrogens with zero attached hydrogens (tertiary/aromatic N) is 2. The van der Waals surface area contributed by atoms with Gasteiger partial charge in [0.15, 0.2) is 0 Å². The van der Waals surface area contributed by atoms with Crippen molar-refractivity contribution in [1.82, 2.24) is 9.80 Å². The first-order valence-corrected chi connectivity index (χ1v) is 8.75. The lowest BCUT2D eigenvalue weighted by Gasteiger charge is -2.35. The summed E-state index contributed by atoms with van der Waals surface area (Å²) in [7, 11) is 0. The average Bonchev–Trinajstić information content (AvgIpc) is 2.76. The van der Waals surface area contributed by atoms with E-state index in [1.807, 2.05) is 0 Å². The number of piperidine rings is 1. The molecule has 0 unspecified atom stereocenters. The van der Waals surface area contributed by atoms with E-state index in [4.69, 9.17) is 0 Å². The summed E-state index contributed by atoms with van der Waals surface area (Å²) in [6.07, 6.45) is 4.59. The molecule has 1 aromatic rings. The van der Waals surface area contributed by atoms with Gasteiger partial charge in [-0.1, -0.05) is 31.2 Å². The van der Waals surface area contributed by atoms with Gasteiger partial charge in [0.1, 0.15) is 0 Å². The fourth-order valence-electron chi connectivity index (χ4n) is 3.71. The maximum atomic E-state index is 12.8. The van der Waals surface area contributed by atoms with Gasteiger partial charge in [-0.3, -0.25) is 9.69 Å². The molecule has 3 heteroatoms. The molecule has 1 fully saturated rings. The summed E-state index contributed by atoms with van der Waals surface area (Å²) in [6.45, 7) is 8.19. The minimum Gasteiger partial charge on any atom is -0.341 e. The van der Waals surface area contributed by atoms with Gasteiger partial charge in [-0.05, 0) is 56.2 Å². The van der Waals surface area contributed by atoms with E-state index in [2.05, 4.69) is 47.9 Å². The molecular weight excluding hydrogens is 272 g/mol. The Morgan fingerprint density at radius 1 is 1.14 bits per heavy atom. The molecule has 3 rings (SSSR count). The van der Waals surface area contributed by atoms with Crippen LogP contribution in [0, 0.1) is 5.92 Å². The van der Waals surface area contributed by atoms with Gasteiger partial charge in [-0.25, -0.2) is 0 Å². The zero-order valence-corrected chi connectivity index (χ0v) is 13.9. The predicted octanol–water partition coefficient (Wildman–Crippen LogP) is 3.08.